The van der Waals surface area contributed by atoms with Gasteiger partial charge in [0.25, 0.3) is 0 Å². The van der Waals surface area contributed by atoms with Crippen LogP contribution in [0.5, 0.6) is 0 Å². The van der Waals surface area contributed by atoms with Crippen LogP contribution >= 0.6 is 0 Å². The number of carbonyl (C=O) groups is 1. The predicted octanol–water partition coefficient (Wildman–Crippen LogP) is 2.86. The summed E-state index contributed by atoms with van der Waals surface area (Å²) < 4.78 is 12.1. The van der Waals surface area contributed by atoms with Crippen LogP contribution in [-0.2, 0) is 20.9 Å². The van der Waals surface area contributed by atoms with E-state index in [0.29, 0.717) is 19.6 Å². The zero-order valence-electron chi connectivity index (χ0n) is 14.8. The molecule has 0 bridgehead atoms. The van der Waals surface area contributed by atoms with Crippen LogP contribution in [0.1, 0.15) is 50.4 Å². The third-order valence-electron chi connectivity index (χ3n) is 4.92. The minimum atomic E-state index is -0.176. The molecule has 0 aliphatic carbocycles. The highest BCUT2D eigenvalue weighted by Gasteiger charge is 2.49. The van der Waals surface area contributed by atoms with E-state index in [2.05, 4.69) is 11.9 Å². The first-order valence-electron chi connectivity index (χ1n) is 9.06. The topological polar surface area (TPSA) is 51.7 Å². The molecule has 1 amide bonds. The minimum absolute atomic E-state index is 0.176. The molecule has 2 fully saturated rings. The number of aryl methyl sites for hydroxylation is 1. The molecule has 3 rings (SSSR count). The molecule has 1 aromatic heterocycles. The molecule has 1 atom stereocenters. The van der Waals surface area contributed by atoms with Crippen molar-refractivity contribution < 1.29 is 14.3 Å². The van der Waals surface area contributed by atoms with Crippen molar-refractivity contribution in [3.63, 3.8) is 0 Å². The van der Waals surface area contributed by atoms with Crippen molar-refractivity contribution in [3.05, 3.63) is 29.6 Å². The number of ether oxygens (including phenoxy) is 2. The second-order valence-corrected chi connectivity index (χ2v) is 7.08. The molecular weight excluding hydrogens is 304 g/mol. The Labute approximate surface area is 144 Å². The SMILES string of the molecule is CCCCC(=O)N1CC2(CC(OCc3cccc(C)n3)CCO2)C1. The molecule has 2 aliphatic heterocycles. The molecular formula is C19H28N2O3. The summed E-state index contributed by atoms with van der Waals surface area (Å²) in [6.45, 7) is 6.80. The first kappa shape index (κ1) is 17.4. The van der Waals surface area contributed by atoms with Gasteiger partial charge in [-0.3, -0.25) is 9.78 Å². The van der Waals surface area contributed by atoms with E-state index >= 15 is 0 Å². The maximum atomic E-state index is 12.1. The standard InChI is InChI=1S/C19H28N2O3/c1-3-4-8-18(22)21-13-19(14-21)11-17(9-10-24-19)23-12-16-7-5-6-15(2)20-16/h5-7,17H,3-4,8-14H2,1-2H3. The van der Waals surface area contributed by atoms with Crippen LogP contribution in [0.25, 0.3) is 0 Å². The van der Waals surface area contributed by atoms with E-state index in [-0.39, 0.29) is 17.6 Å². The summed E-state index contributed by atoms with van der Waals surface area (Å²) in [4.78, 5) is 18.5. The van der Waals surface area contributed by atoms with Crippen LogP contribution in [0, 0.1) is 6.92 Å². The van der Waals surface area contributed by atoms with Gasteiger partial charge in [-0.1, -0.05) is 19.4 Å². The Morgan fingerprint density at radius 3 is 3.04 bits per heavy atom. The smallest absolute Gasteiger partial charge is 0.222 e. The van der Waals surface area contributed by atoms with Crippen LogP contribution in [0.3, 0.4) is 0 Å². The van der Waals surface area contributed by atoms with Gasteiger partial charge in [0.2, 0.25) is 5.91 Å². The van der Waals surface area contributed by atoms with Gasteiger partial charge in [-0.25, -0.2) is 0 Å². The molecule has 1 aromatic rings. The van der Waals surface area contributed by atoms with Crippen LogP contribution in [0.4, 0.5) is 0 Å². The maximum absolute atomic E-state index is 12.1. The summed E-state index contributed by atoms with van der Waals surface area (Å²) >= 11 is 0. The van der Waals surface area contributed by atoms with Crippen molar-refractivity contribution in [1.29, 1.82) is 0 Å². The maximum Gasteiger partial charge on any atom is 0.222 e. The zero-order valence-corrected chi connectivity index (χ0v) is 14.8. The van der Waals surface area contributed by atoms with Crippen molar-refractivity contribution in [2.45, 2.75) is 64.3 Å². The van der Waals surface area contributed by atoms with E-state index < -0.39 is 0 Å². The largest absolute Gasteiger partial charge is 0.372 e. The third-order valence-corrected chi connectivity index (χ3v) is 4.92. The molecule has 0 radical (unpaired) electrons. The number of amides is 1. The van der Waals surface area contributed by atoms with Crippen LogP contribution in [0.15, 0.2) is 18.2 Å². The highest BCUT2D eigenvalue weighted by Crippen LogP contribution is 2.36. The van der Waals surface area contributed by atoms with Crippen molar-refractivity contribution in [2.24, 2.45) is 0 Å². The number of carbonyl (C=O) groups excluding carboxylic acids is 1. The third kappa shape index (κ3) is 4.14. The van der Waals surface area contributed by atoms with Crippen LogP contribution < -0.4 is 0 Å². The lowest BCUT2D eigenvalue weighted by atomic mass is 9.84. The molecule has 5 heteroatoms. The summed E-state index contributed by atoms with van der Waals surface area (Å²) in [5.41, 5.74) is 1.81. The van der Waals surface area contributed by atoms with E-state index in [1.165, 1.54) is 0 Å². The summed E-state index contributed by atoms with van der Waals surface area (Å²) in [6, 6.07) is 6.00. The summed E-state index contributed by atoms with van der Waals surface area (Å²) in [5, 5.41) is 0. The van der Waals surface area contributed by atoms with Gasteiger partial charge in [-0.05, 0) is 31.9 Å². The Morgan fingerprint density at radius 1 is 1.46 bits per heavy atom. The Morgan fingerprint density at radius 2 is 2.29 bits per heavy atom. The molecule has 1 unspecified atom stereocenters. The second kappa shape index (κ2) is 7.62. The Bertz CT molecular complexity index is 569. The van der Waals surface area contributed by atoms with Gasteiger partial charge in [0, 0.05) is 25.1 Å². The molecule has 2 aliphatic rings. The van der Waals surface area contributed by atoms with Gasteiger partial charge >= 0.3 is 0 Å². The van der Waals surface area contributed by atoms with Gasteiger partial charge in [0.1, 0.15) is 5.60 Å². The van der Waals surface area contributed by atoms with Crippen LogP contribution in [-0.4, -0.2) is 47.2 Å². The number of pyridine rings is 1. The highest BCUT2D eigenvalue weighted by atomic mass is 16.5. The fourth-order valence-corrected chi connectivity index (χ4v) is 3.54. The molecule has 132 valence electrons. The number of hydrogen-bond acceptors (Lipinski definition) is 4. The minimum Gasteiger partial charge on any atom is -0.372 e. The van der Waals surface area contributed by atoms with Gasteiger partial charge in [-0.2, -0.15) is 0 Å². The number of rotatable bonds is 6. The second-order valence-electron chi connectivity index (χ2n) is 7.08. The number of nitrogens with zero attached hydrogens (tertiary/aromatic N) is 2. The quantitative estimate of drug-likeness (QED) is 0.804. The molecule has 2 saturated heterocycles. The Balaban J connectivity index is 1.46. The van der Waals surface area contributed by atoms with Crippen molar-refractivity contribution in [3.8, 4) is 0 Å². The zero-order chi connectivity index (χ0) is 17.0. The Kier molecular flexibility index (Phi) is 5.51. The first-order chi connectivity index (χ1) is 11.6. The van der Waals surface area contributed by atoms with E-state index in [0.717, 1.165) is 50.2 Å². The van der Waals surface area contributed by atoms with Gasteiger partial charge < -0.3 is 14.4 Å². The van der Waals surface area contributed by atoms with Crippen molar-refractivity contribution in [2.75, 3.05) is 19.7 Å². The summed E-state index contributed by atoms with van der Waals surface area (Å²) in [6.07, 6.45) is 4.66. The molecule has 0 aromatic carbocycles. The predicted molar refractivity (Wildman–Crippen MR) is 91.6 cm³/mol. The first-order valence-corrected chi connectivity index (χ1v) is 9.06. The van der Waals surface area contributed by atoms with E-state index in [1.54, 1.807) is 0 Å². The molecule has 24 heavy (non-hydrogen) atoms. The fraction of sp³-hybridized carbons (Fsp3) is 0.684. The average Bonchev–Trinajstić information content (AvgIpc) is 2.56. The summed E-state index contributed by atoms with van der Waals surface area (Å²) in [5.74, 6) is 0.262. The fourth-order valence-electron chi connectivity index (χ4n) is 3.54. The van der Waals surface area contributed by atoms with Gasteiger partial charge in [0.15, 0.2) is 0 Å². The van der Waals surface area contributed by atoms with Crippen molar-refractivity contribution >= 4 is 5.91 Å². The average molecular weight is 332 g/mol. The molecule has 5 nitrogen and oxygen atoms in total. The van der Waals surface area contributed by atoms with Gasteiger partial charge in [0.05, 0.1) is 31.5 Å². The normalized spacial score (nSPS) is 22.4. The van der Waals surface area contributed by atoms with E-state index in [9.17, 15) is 4.79 Å². The van der Waals surface area contributed by atoms with Crippen LogP contribution in [0.2, 0.25) is 0 Å². The number of hydrogen-bond donors (Lipinski definition) is 0. The van der Waals surface area contributed by atoms with Crippen molar-refractivity contribution in [1.82, 2.24) is 9.88 Å². The monoisotopic (exact) mass is 332 g/mol. The number of aromatic nitrogens is 1. The lowest BCUT2D eigenvalue weighted by molar-refractivity contribution is -0.202. The lowest BCUT2D eigenvalue weighted by Crippen LogP contribution is -2.67. The number of likely N-dealkylation sites (tertiary alicyclic amines) is 1. The lowest BCUT2D eigenvalue weighted by Gasteiger charge is -2.53. The van der Waals surface area contributed by atoms with E-state index in [4.69, 9.17) is 9.47 Å². The Hall–Kier alpha value is -1.46. The van der Waals surface area contributed by atoms with Gasteiger partial charge in [-0.15, -0.1) is 0 Å². The van der Waals surface area contributed by atoms with E-state index in [1.807, 2.05) is 30.0 Å². The highest BCUT2D eigenvalue weighted by molar-refractivity contribution is 5.77. The molecule has 1 spiro atoms. The number of unbranched alkanes of at least 4 members (excludes halogenated alkanes) is 1. The molecule has 3 heterocycles. The molecule has 0 N–H and O–H groups in total. The molecule has 0 saturated carbocycles. The summed E-state index contributed by atoms with van der Waals surface area (Å²) in [7, 11) is 0.